The number of rotatable bonds is 4. The summed E-state index contributed by atoms with van der Waals surface area (Å²) in [5.41, 5.74) is 10.2. The first-order chi connectivity index (χ1) is 8.83. The first-order valence-corrected chi connectivity index (χ1v) is 6.67. The largest absolute Gasteiger partial charge is 0.368 e. The molecule has 2 aromatic heterocycles. The van der Waals surface area contributed by atoms with Gasteiger partial charge in [-0.2, -0.15) is 9.61 Å². The van der Waals surface area contributed by atoms with Gasteiger partial charge in [0, 0.05) is 30.4 Å². The van der Waals surface area contributed by atoms with Gasteiger partial charge in [-0.05, 0) is 25.7 Å². The Hall–Kier alpha value is -1.62. The number of aryl methyl sites for hydroxylation is 2. The average molecular weight is 245 g/mol. The van der Waals surface area contributed by atoms with Gasteiger partial charge in [-0.25, -0.2) is 4.98 Å². The van der Waals surface area contributed by atoms with E-state index in [-0.39, 0.29) is 0 Å². The SMILES string of the molecule is CCc1cc2nc3c(c(NCCN)n2n1)CCC3. The minimum absolute atomic E-state index is 0.625. The molecule has 3 N–H and O–H groups in total. The molecule has 0 aromatic carbocycles. The van der Waals surface area contributed by atoms with E-state index in [2.05, 4.69) is 23.4 Å². The van der Waals surface area contributed by atoms with Gasteiger partial charge in [-0.15, -0.1) is 0 Å². The van der Waals surface area contributed by atoms with E-state index in [4.69, 9.17) is 10.7 Å². The van der Waals surface area contributed by atoms with Crippen LogP contribution in [0.2, 0.25) is 0 Å². The second kappa shape index (κ2) is 4.57. The fourth-order valence-electron chi connectivity index (χ4n) is 2.58. The van der Waals surface area contributed by atoms with Crippen molar-refractivity contribution in [2.45, 2.75) is 32.6 Å². The van der Waals surface area contributed by atoms with Crippen LogP contribution < -0.4 is 11.1 Å². The molecule has 0 amide bonds. The Morgan fingerprint density at radius 3 is 3.11 bits per heavy atom. The van der Waals surface area contributed by atoms with E-state index in [1.807, 2.05) is 4.52 Å². The first kappa shape index (κ1) is 11.5. The number of nitrogens with one attached hydrogen (secondary N) is 1. The number of hydrogen-bond acceptors (Lipinski definition) is 4. The highest BCUT2D eigenvalue weighted by Crippen LogP contribution is 2.28. The molecule has 0 radical (unpaired) electrons. The predicted molar refractivity (Wildman–Crippen MR) is 71.9 cm³/mol. The summed E-state index contributed by atoms with van der Waals surface area (Å²) in [5, 5.41) is 8.02. The van der Waals surface area contributed by atoms with E-state index in [1.54, 1.807) is 0 Å². The summed E-state index contributed by atoms with van der Waals surface area (Å²) in [6.45, 7) is 3.51. The fraction of sp³-hybridized carbons (Fsp3) is 0.538. The van der Waals surface area contributed by atoms with Crippen LogP contribution in [0.15, 0.2) is 6.07 Å². The summed E-state index contributed by atoms with van der Waals surface area (Å²) in [6.07, 6.45) is 4.29. The van der Waals surface area contributed by atoms with Crippen LogP contribution in [0.3, 0.4) is 0 Å². The number of hydrogen-bond donors (Lipinski definition) is 2. The van der Waals surface area contributed by atoms with Crippen LogP contribution in [0.5, 0.6) is 0 Å². The lowest BCUT2D eigenvalue weighted by Gasteiger charge is -2.12. The number of anilines is 1. The van der Waals surface area contributed by atoms with Crippen LogP contribution in [-0.2, 0) is 19.3 Å². The van der Waals surface area contributed by atoms with Crippen molar-refractivity contribution in [3.8, 4) is 0 Å². The van der Waals surface area contributed by atoms with Crippen LogP contribution in [0.25, 0.3) is 5.65 Å². The first-order valence-electron chi connectivity index (χ1n) is 6.67. The predicted octanol–water partition coefficient (Wildman–Crippen LogP) is 1.15. The quantitative estimate of drug-likeness (QED) is 0.848. The maximum Gasteiger partial charge on any atom is 0.157 e. The lowest BCUT2D eigenvalue weighted by Crippen LogP contribution is -2.17. The van der Waals surface area contributed by atoms with Crippen molar-refractivity contribution in [2.75, 3.05) is 18.4 Å². The number of nitrogens with two attached hydrogens (primary N) is 1. The van der Waals surface area contributed by atoms with Crippen molar-refractivity contribution in [3.63, 3.8) is 0 Å². The van der Waals surface area contributed by atoms with E-state index in [0.717, 1.165) is 43.0 Å². The maximum absolute atomic E-state index is 5.59. The summed E-state index contributed by atoms with van der Waals surface area (Å²) in [7, 11) is 0. The molecular weight excluding hydrogens is 226 g/mol. The highest BCUT2D eigenvalue weighted by Gasteiger charge is 2.20. The van der Waals surface area contributed by atoms with Gasteiger partial charge in [0.15, 0.2) is 5.65 Å². The summed E-state index contributed by atoms with van der Waals surface area (Å²) >= 11 is 0. The van der Waals surface area contributed by atoms with Crippen LogP contribution in [0, 0.1) is 0 Å². The van der Waals surface area contributed by atoms with Gasteiger partial charge in [0.05, 0.1) is 5.69 Å². The lowest BCUT2D eigenvalue weighted by atomic mass is 10.2. The summed E-state index contributed by atoms with van der Waals surface area (Å²) < 4.78 is 1.94. The van der Waals surface area contributed by atoms with Gasteiger partial charge in [-0.1, -0.05) is 6.92 Å². The van der Waals surface area contributed by atoms with Crippen LogP contribution in [0.4, 0.5) is 5.82 Å². The molecule has 0 saturated carbocycles. The third kappa shape index (κ3) is 1.75. The molecule has 0 spiro atoms. The molecule has 0 bridgehead atoms. The Balaban J connectivity index is 2.16. The molecule has 1 aliphatic rings. The monoisotopic (exact) mass is 245 g/mol. The van der Waals surface area contributed by atoms with Crippen molar-refractivity contribution in [2.24, 2.45) is 5.73 Å². The van der Waals surface area contributed by atoms with Gasteiger partial charge in [-0.3, -0.25) is 0 Å². The number of nitrogens with zero attached hydrogens (tertiary/aromatic N) is 3. The summed E-state index contributed by atoms with van der Waals surface area (Å²) in [4.78, 5) is 4.72. The van der Waals surface area contributed by atoms with Gasteiger partial charge in [0.25, 0.3) is 0 Å². The molecule has 2 aromatic rings. The van der Waals surface area contributed by atoms with Crippen LogP contribution in [-0.4, -0.2) is 27.7 Å². The van der Waals surface area contributed by atoms with Crippen molar-refractivity contribution >= 4 is 11.5 Å². The lowest BCUT2D eigenvalue weighted by molar-refractivity contribution is 0.864. The van der Waals surface area contributed by atoms with E-state index in [0.29, 0.717) is 6.54 Å². The molecule has 0 aliphatic heterocycles. The minimum Gasteiger partial charge on any atom is -0.368 e. The third-order valence-electron chi connectivity index (χ3n) is 3.48. The summed E-state index contributed by atoms with van der Waals surface area (Å²) in [6, 6.07) is 2.08. The Labute approximate surface area is 106 Å². The molecule has 0 fully saturated rings. The molecule has 1 aliphatic carbocycles. The van der Waals surface area contributed by atoms with E-state index in [1.165, 1.54) is 17.7 Å². The molecule has 0 saturated heterocycles. The normalized spacial score (nSPS) is 14.1. The zero-order valence-electron chi connectivity index (χ0n) is 10.7. The van der Waals surface area contributed by atoms with E-state index < -0.39 is 0 Å². The Morgan fingerprint density at radius 2 is 2.33 bits per heavy atom. The van der Waals surface area contributed by atoms with Crippen molar-refractivity contribution < 1.29 is 0 Å². The molecule has 96 valence electrons. The average Bonchev–Trinajstić information content (AvgIpc) is 2.99. The van der Waals surface area contributed by atoms with E-state index in [9.17, 15) is 0 Å². The third-order valence-corrected chi connectivity index (χ3v) is 3.48. The molecule has 0 atom stereocenters. The van der Waals surface area contributed by atoms with Gasteiger partial charge < -0.3 is 11.1 Å². The second-order valence-electron chi connectivity index (χ2n) is 4.71. The minimum atomic E-state index is 0.625. The topological polar surface area (TPSA) is 68.2 Å². The molecular formula is C13H19N5. The van der Waals surface area contributed by atoms with Gasteiger partial charge >= 0.3 is 0 Å². The van der Waals surface area contributed by atoms with Crippen molar-refractivity contribution in [3.05, 3.63) is 23.0 Å². The molecule has 18 heavy (non-hydrogen) atoms. The van der Waals surface area contributed by atoms with Crippen molar-refractivity contribution in [1.29, 1.82) is 0 Å². The molecule has 3 rings (SSSR count). The van der Waals surface area contributed by atoms with Gasteiger partial charge in [0.2, 0.25) is 0 Å². The molecule has 2 heterocycles. The molecule has 5 heteroatoms. The van der Waals surface area contributed by atoms with Crippen LogP contribution in [0.1, 0.15) is 30.3 Å². The standard InChI is InChI=1S/C13H19N5/c1-2-9-8-12-16-11-5-3-4-10(11)13(15-7-6-14)18(12)17-9/h8,15H,2-7,14H2,1H3. The second-order valence-corrected chi connectivity index (χ2v) is 4.71. The smallest absolute Gasteiger partial charge is 0.157 e. The maximum atomic E-state index is 5.59. The highest BCUT2D eigenvalue weighted by atomic mass is 15.3. The zero-order valence-corrected chi connectivity index (χ0v) is 10.7. The Bertz CT molecular complexity index is 572. The van der Waals surface area contributed by atoms with Gasteiger partial charge in [0.1, 0.15) is 5.82 Å². The van der Waals surface area contributed by atoms with Crippen molar-refractivity contribution in [1.82, 2.24) is 14.6 Å². The molecule has 0 unspecified atom stereocenters. The Kier molecular flexibility index (Phi) is 2.91. The zero-order chi connectivity index (χ0) is 12.5. The highest BCUT2D eigenvalue weighted by molar-refractivity contribution is 5.57. The van der Waals surface area contributed by atoms with E-state index >= 15 is 0 Å². The number of aromatic nitrogens is 3. The summed E-state index contributed by atoms with van der Waals surface area (Å²) in [5.74, 6) is 1.10. The number of fused-ring (bicyclic) bond motifs is 2. The Morgan fingerprint density at radius 1 is 1.44 bits per heavy atom. The molecule has 5 nitrogen and oxygen atoms in total. The fourth-order valence-corrected chi connectivity index (χ4v) is 2.58. The van der Waals surface area contributed by atoms with Crippen LogP contribution >= 0.6 is 0 Å².